The number of hydrogen-bond acceptors (Lipinski definition) is 2. The number of methoxy groups -OCH3 is 1. The van der Waals surface area contributed by atoms with E-state index in [0.717, 1.165) is 29.9 Å². The van der Waals surface area contributed by atoms with Gasteiger partial charge in [0.25, 0.3) is 0 Å². The van der Waals surface area contributed by atoms with Gasteiger partial charge in [0.15, 0.2) is 0 Å². The molecule has 4 unspecified atom stereocenters. The van der Waals surface area contributed by atoms with Crippen LogP contribution in [0.1, 0.15) is 37.7 Å². The van der Waals surface area contributed by atoms with E-state index in [9.17, 15) is 0 Å². The topological polar surface area (TPSA) is 35.2 Å². The lowest BCUT2D eigenvalue weighted by atomic mass is 9.83. The Kier molecular flexibility index (Phi) is 3.79. The molecule has 2 aliphatic rings. The molecule has 2 saturated carbocycles. The van der Waals surface area contributed by atoms with Gasteiger partial charge in [-0.1, -0.05) is 18.6 Å². The molecular weight excluding hydrogens is 234 g/mol. The van der Waals surface area contributed by atoms with E-state index in [4.69, 9.17) is 10.5 Å². The van der Waals surface area contributed by atoms with Gasteiger partial charge >= 0.3 is 0 Å². The Morgan fingerprint density at radius 2 is 2.21 bits per heavy atom. The first kappa shape index (κ1) is 13.0. The van der Waals surface area contributed by atoms with Crippen molar-refractivity contribution in [2.75, 3.05) is 7.11 Å². The lowest BCUT2D eigenvalue weighted by Gasteiger charge is -2.24. The average Bonchev–Trinajstić information content (AvgIpc) is 3.01. The Balaban J connectivity index is 1.54. The largest absolute Gasteiger partial charge is 0.497 e. The summed E-state index contributed by atoms with van der Waals surface area (Å²) in [6, 6.07) is 8.61. The maximum absolute atomic E-state index is 6.37. The minimum absolute atomic E-state index is 0.302. The van der Waals surface area contributed by atoms with E-state index in [-0.39, 0.29) is 0 Å². The molecular formula is C17H25NO. The fourth-order valence-corrected chi connectivity index (χ4v) is 4.24. The Hall–Kier alpha value is -1.02. The molecule has 2 N–H and O–H groups in total. The molecule has 2 aliphatic carbocycles. The number of fused-ring (bicyclic) bond motifs is 2. The molecule has 0 aliphatic heterocycles. The molecule has 4 atom stereocenters. The Morgan fingerprint density at radius 3 is 2.89 bits per heavy atom. The standard InChI is InChI=1S/C17H25NO/c1-19-17-4-2-3-12(10-17)9-16(18)11-15-8-13-5-6-14(15)7-13/h2-4,10,13-16H,5-9,11,18H2,1H3. The SMILES string of the molecule is COc1cccc(CC(N)CC2CC3CCC2C3)c1. The molecule has 1 aromatic rings. The van der Waals surface area contributed by atoms with Crippen LogP contribution in [0.15, 0.2) is 24.3 Å². The quantitative estimate of drug-likeness (QED) is 0.879. The van der Waals surface area contributed by atoms with Crippen molar-refractivity contribution in [1.82, 2.24) is 0 Å². The van der Waals surface area contributed by atoms with E-state index in [1.165, 1.54) is 37.7 Å². The molecule has 0 saturated heterocycles. The number of ether oxygens (including phenoxy) is 1. The molecule has 2 heteroatoms. The van der Waals surface area contributed by atoms with E-state index < -0.39 is 0 Å². The zero-order valence-electron chi connectivity index (χ0n) is 11.8. The van der Waals surface area contributed by atoms with Gasteiger partial charge in [-0.25, -0.2) is 0 Å². The summed E-state index contributed by atoms with van der Waals surface area (Å²) < 4.78 is 5.27. The molecule has 2 nitrogen and oxygen atoms in total. The van der Waals surface area contributed by atoms with Crippen LogP contribution in [0.2, 0.25) is 0 Å². The van der Waals surface area contributed by atoms with Crippen molar-refractivity contribution >= 4 is 0 Å². The van der Waals surface area contributed by atoms with Gasteiger partial charge in [0, 0.05) is 6.04 Å². The van der Waals surface area contributed by atoms with E-state index in [2.05, 4.69) is 18.2 Å². The monoisotopic (exact) mass is 259 g/mol. The first-order valence-electron chi connectivity index (χ1n) is 7.63. The first-order chi connectivity index (χ1) is 9.24. The second-order valence-corrected chi connectivity index (χ2v) is 6.49. The molecule has 0 spiro atoms. The predicted octanol–water partition coefficient (Wildman–Crippen LogP) is 3.39. The Morgan fingerprint density at radius 1 is 1.32 bits per heavy atom. The second kappa shape index (κ2) is 5.54. The third kappa shape index (κ3) is 2.94. The van der Waals surface area contributed by atoms with Gasteiger partial charge in [0.05, 0.1) is 7.11 Å². The lowest BCUT2D eigenvalue weighted by molar-refractivity contribution is 0.294. The van der Waals surface area contributed by atoms with Crippen LogP contribution in [0.4, 0.5) is 0 Å². The van der Waals surface area contributed by atoms with Crippen LogP contribution in [0.5, 0.6) is 5.75 Å². The maximum Gasteiger partial charge on any atom is 0.119 e. The molecule has 19 heavy (non-hydrogen) atoms. The third-order valence-electron chi connectivity index (χ3n) is 5.12. The van der Waals surface area contributed by atoms with E-state index in [1.54, 1.807) is 7.11 Å². The van der Waals surface area contributed by atoms with Gasteiger partial charge in [-0.2, -0.15) is 0 Å². The summed E-state index contributed by atoms with van der Waals surface area (Å²) in [6.45, 7) is 0. The van der Waals surface area contributed by atoms with Crippen molar-refractivity contribution in [1.29, 1.82) is 0 Å². The van der Waals surface area contributed by atoms with Gasteiger partial charge < -0.3 is 10.5 Å². The Labute approximate surface area is 116 Å². The van der Waals surface area contributed by atoms with Gasteiger partial charge in [-0.05, 0) is 67.6 Å². The number of rotatable bonds is 5. The van der Waals surface area contributed by atoms with Crippen LogP contribution in [0.3, 0.4) is 0 Å². The van der Waals surface area contributed by atoms with Crippen LogP contribution in [0, 0.1) is 17.8 Å². The van der Waals surface area contributed by atoms with Crippen molar-refractivity contribution in [3.8, 4) is 5.75 Å². The molecule has 3 rings (SSSR count). The first-order valence-corrected chi connectivity index (χ1v) is 7.63. The summed E-state index contributed by atoms with van der Waals surface area (Å²) in [5.41, 5.74) is 7.67. The van der Waals surface area contributed by atoms with Gasteiger partial charge in [0.2, 0.25) is 0 Å². The highest BCUT2D eigenvalue weighted by Crippen LogP contribution is 2.49. The van der Waals surface area contributed by atoms with Crippen LogP contribution in [0.25, 0.3) is 0 Å². The fourth-order valence-electron chi connectivity index (χ4n) is 4.24. The summed E-state index contributed by atoms with van der Waals surface area (Å²) in [5, 5.41) is 0. The molecule has 2 fully saturated rings. The van der Waals surface area contributed by atoms with E-state index in [0.29, 0.717) is 6.04 Å². The third-order valence-corrected chi connectivity index (χ3v) is 5.12. The fraction of sp³-hybridized carbons (Fsp3) is 0.647. The van der Waals surface area contributed by atoms with Gasteiger partial charge in [0.1, 0.15) is 5.75 Å². The maximum atomic E-state index is 6.37. The highest BCUT2D eigenvalue weighted by Gasteiger charge is 2.39. The molecule has 1 aromatic carbocycles. The van der Waals surface area contributed by atoms with Crippen LogP contribution >= 0.6 is 0 Å². The van der Waals surface area contributed by atoms with E-state index >= 15 is 0 Å². The zero-order valence-corrected chi connectivity index (χ0v) is 11.8. The Bertz CT molecular complexity index is 431. The minimum Gasteiger partial charge on any atom is -0.497 e. The van der Waals surface area contributed by atoms with Crippen molar-refractivity contribution < 1.29 is 4.74 Å². The summed E-state index contributed by atoms with van der Waals surface area (Å²) in [5.74, 6) is 3.85. The number of hydrogen-bond donors (Lipinski definition) is 1. The summed E-state index contributed by atoms with van der Waals surface area (Å²) in [7, 11) is 1.72. The van der Waals surface area contributed by atoms with Crippen molar-refractivity contribution in [2.24, 2.45) is 23.5 Å². The summed E-state index contributed by atoms with van der Waals surface area (Å²) >= 11 is 0. The highest BCUT2D eigenvalue weighted by atomic mass is 16.5. The predicted molar refractivity (Wildman–Crippen MR) is 78.2 cm³/mol. The molecule has 2 bridgehead atoms. The van der Waals surface area contributed by atoms with Crippen LogP contribution < -0.4 is 10.5 Å². The van der Waals surface area contributed by atoms with Crippen LogP contribution in [-0.4, -0.2) is 13.2 Å². The van der Waals surface area contributed by atoms with Crippen molar-refractivity contribution in [3.05, 3.63) is 29.8 Å². The minimum atomic E-state index is 0.302. The van der Waals surface area contributed by atoms with Crippen molar-refractivity contribution in [3.63, 3.8) is 0 Å². The number of benzene rings is 1. The summed E-state index contributed by atoms with van der Waals surface area (Å²) in [6.07, 6.45) is 8.05. The lowest BCUT2D eigenvalue weighted by Crippen LogP contribution is -2.28. The number of nitrogens with two attached hydrogens (primary N) is 1. The van der Waals surface area contributed by atoms with Crippen LogP contribution in [-0.2, 0) is 6.42 Å². The normalized spacial score (nSPS) is 30.5. The smallest absolute Gasteiger partial charge is 0.119 e. The van der Waals surface area contributed by atoms with E-state index in [1.807, 2.05) is 6.07 Å². The molecule has 0 radical (unpaired) electrons. The van der Waals surface area contributed by atoms with Crippen molar-refractivity contribution in [2.45, 2.75) is 44.6 Å². The molecule has 0 aromatic heterocycles. The second-order valence-electron chi connectivity index (χ2n) is 6.49. The molecule has 0 heterocycles. The highest BCUT2D eigenvalue weighted by molar-refractivity contribution is 5.28. The van der Waals surface area contributed by atoms with Gasteiger partial charge in [-0.3, -0.25) is 0 Å². The zero-order chi connectivity index (χ0) is 13.2. The summed E-state index contributed by atoms with van der Waals surface area (Å²) in [4.78, 5) is 0. The molecule has 104 valence electrons. The average molecular weight is 259 g/mol. The van der Waals surface area contributed by atoms with Gasteiger partial charge in [-0.15, -0.1) is 0 Å². The molecule has 0 amide bonds.